The number of H-pyrrole nitrogens is 1. The molecule has 0 unspecified atom stereocenters. The number of rotatable bonds is 9. The maximum atomic E-state index is 12.9. The van der Waals surface area contributed by atoms with Crippen molar-refractivity contribution in [2.75, 3.05) is 19.8 Å². The fraction of sp³-hybridized carbons (Fsp3) is 0.375. The fourth-order valence-electron chi connectivity index (χ4n) is 3.46. The van der Waals surface area contributed by atoms with Gasteiger partial charge in [0.05, 0.1) is 18.6 Å². The molecule has 0 spiro atoms. The van der Waals surface area contributed by atoms with E-state index in [1.165, 1.54) is 12.8 Å². The van der Waals surface area contributed by atoms with Gasteiger partial charge in [-0.15, -0.1) is 0 Å². The summed E-state index contributed by atoms with van der Waals surface area (Å²) in [4.78, 5) is 16.1. The van der Waals surface area contributed by atoms with Gasteiger partial charge in [0, 0.05) is 22.1 Å². The van der Waals surface area contributed by atoms with Crippen LogP contribution in [0.25, 0.3) is 10.9 Å². The van der Waals surface area contributed by atoms with Crippen molar-refractivity contribution < 1.29 is 14.3 Å². The van der Waals surface area contributed by atoms with Crippen LogP contribution in [0.1, 0.15) is 32.3 Å². The van der Waals surface area contributed by atoms with Crippen LogP contribution in [0.15, 0.2) is 48.7 Å². The Kier molecular flexibility index (Phi) is 5.91. The molecule has 1 heterocycles. The van der Waals surface area contributed by atoms with Crippen molar-refractivity contribution >= 4 is 28.4 Å². The Morgan fingerprint density at radius 1 is 1.17 bits per heavy atom. The lowest BCUT2D eigenvalue weighted by atomic mass is 9.83. The molecule has 1 aromatic heterocycles. The minimum absolute atomic E-state index is 0.0646. The quantitative estimate of drug-likeness (QED) is 0.469. The summed E-state index contributed by atoms with van der Waals surface area (Å²) in [6, 6.07) is 13.3. The Hall–Kier alpha value is -2.66. The number of nitrogens with one attached hydrogen (secondary N) is 2. The smallest absolute Gasteiger partial charge is 0.230 e. The van der Waals surface area contributed by atoms with E-state index in [0.29, 0.717) is 29.8 Å². The van der Waals surface area contributed by atoms with Gasteiger partial charge in [-0.25, -0.2) is 0 Å². The second-order valence-corrected chi connectivity index (χ2v) is 8.76. The van der Waals surface area contributed by atoms with E-state index in [0.717, 1.165) is 28.8 Å². The molecule has 30 heavy (non-hydrogen) atoms. The van der Waals surface area contributed by atoms with Crippen LogP contribution in [0.5, 0.6) is 11.5 Å². The molecule has 158 valence electrons. The Morgan fingerprint density at radius 2 is 1.90 bits per heavy atom. The van der Waals surface area contributed by atoms with Crippen molar-refractivity contribution in [3.05, 3.63) is 59.2 Å². The molecule has 0 saturated heterocycles. The highest BCUT2D eigenvalue weighted by atomic mass is 35.5. The number of benzene rings is 2. The molecule has 2 aromatic carbocycles. The number of carbonyl (C=O) groups excluding carboxylic acids is 1. The largest absolute Gasteiger partial charge is 0.489 e. The lowest BCUT2D eigenvalue weighted by molar-refractivity contribution is -0.125. The van der Waals surface area contributed by atoms with Crippen LogP contribution < -0.4 is 14.8 Å². The SMILES string of the molecule is CC(C)(C(=O)NCCOc1ccccc1OCC1CC1)c1c[nH]c2ccc(Cl)cc12. The van der Waals surface area contributed by atoms with Crippen molar-refractivity contribution in [2.24, 2.45) is 5.92 Å². The van der Waals surface area contributed by atoms with E-state index in [-0.39, 0.29) is 5.91 Å². The van der Waals surface area contributed by atoms with Crippen LogP contribution >= 0.6 is 11.6 Å². The van der Waals surface area contributed by atoms with Crippen LogP contribution in [-0.2, 0) is 10.2 Å². The van der Waals surface area contributed by atoms with Gasteiger partial charge in [0.15, 0.2) is 11.5 Å². The number of aromatic amines is 1. The zero-order valence-electron chi connectivity index (χ0n) is 17.3. The molecule has 5 nitrogen and oxygen atoms in total. The summed E-state index contributed by atoms with van der Waals surface area (Å²) in [5, 5.41) is 4.60. The molecule has 0 atom stereocenters. The summed E-state index contributed by atoms with van der Waals surface area (Å²) in [6.45, 7) is 5.33. The summed E-state index contributed by atoms with van der Waals surface area (Å²) < 4.78 is 11.7. The average molecular weight is 427 g/mol. The van der Waals surface area contributed by atoms with E-state index in [2.05, 4.69) is 10.3 Å². The van der Waals surface area contributed by atoms with Crippen LogP contribution in [-0.4, -0.2) is 30.6 Å². The van der Waals surface area contributed by atoms with Gasteiger partial charge in [-0.2, -0.15) is 0 Å². The molecule has 1 amide bonds. The maximum absolute atomic E-state index is 12.9. The molecule has 4 rings (SSSR count). The molecule has 1 aliphatic carbocycles. The van der Waals surface area contributed by atoms with E-state index in [4.69, 9.17) is 21.1 Å². The topological polar surface area (TPSA) is 63.4 Å². The van der Waals surface area contributed by atoms with Crippen molar-refractivity contribution in [1.29, 1.82) is 0 Å². The maximum Gasteiger partial charge on any atom is 0.230 e. The minimum Gasteiger partial charge on any atom is -0.489 e. The second-order valence-electron chi connectivity index (χ2n) is 8.32. The molecule has 1 saturated carbocycles. The summed E-state index contributed by atoms with van der Waals surface area (Å²) in [5.41, 5.74) is 1.16. The van der Waals surface area contributed by atoms with E-state index in [1.807, 2.05) is 62.5 Å². The number of ether oxygens (including phenoxy) is 2. The number of halogens is 1. The highest BCUT2D eigenvalue weighted by Crippen LogP contribution is 2.33. The summed E-state index contributed by atoms with van der Waals surface area (Å²) in [5.74, 6) is 2.08. The monoisotopic (exact) mass is 426 g/mol. The molecule has 6 heteroatoms. The van der Waals surface area contributed by atoms with Gasteiger partial charge >= 0.3 is 0 Å². The Balaban J connectivity index is 1.33. The highest BCUT2D eigenvalue weighted by molar-refractivity contribution is 6.31. The normalized spacial score (nSPS) is 14.0. The van der Waals surface area contributed by atoms with Gasteiger partial charge in [0.2, 0.25) is 5.91 Å². The predicted octanol–water partition coefficient (Wildman–Crippen LogP) is 5.08. The van der Waals surface area contributed by atoms with Crippen molar-refractivity contribution in [2.45, 2.75) is 32.1 Å². The Bertz CT molecular complexity index is 1040. The van der Waals surface area contributed by atoms with Crippen LogP contribution in [0.4, 0.5) is 0 Å². The van der Waals surface area contributed by atoms with Gasteiger partial charge in [0.25, 0.3) is 0 Å². The molecule has 3 aromatic rings. The van der Waals surface area contributed by atoms with Crippen molar-refractivity contribution in [3.63, 3.8) is 0 Å². The summed E-state index contributed by atoms with van der Waals surface area (Å²) >= 11 is 6.15. The van der Waals surface area contributed by atoms with Crippen LogP contribution in [0.2, 0.25) is 5.02 Å². The van der Waals surface area contributed by atoms with E-state index < -0.39 is 5.41 Å². The minimum atomic E-state index is -0.714. The molecular weight excluding hydrogens is 400 g/mol. The standard InChI is InChI=1S/C24H27ClN2O3/c1-24(2,19-14-27-20-10-9-17(25)13-18(19)20)23(28)26-11-12-29-21-5-3-4-6-22(21)30-15-16-7-8-16/h3-6,9-10,13-14,16,27H,7-8,11-12,15H2,1-2H3,(H,26,28). The predicted molar refractivity (Wildman–Crippen MR) is 120 cm³/mol. The third-order valence-corrected chi connectivity index (χ3v) is 5.79. The number of para-hydroxylation sites is 2. The molecule has 0 aliphatic heterocycles. The van der Waals surface area contributed by atoms with E-state index in [9.17, 15) is 4.79 Å². The summed E-state index contributed by atoms with van der Waals surface area (Å²) in [6.07, 6.45) is 4.37. The number of aromatic nitrogens is 1. The van der Waals surface area contributed by atoms with Crippen LogP contribution in [0, 0.1) is 5.92 Å². The first-order valence-electron chi connectivity index (χ1n) is 10.3. The summed E-state index contributed by atoms with van der Waals surface area (Å²) in [7, 11) is 0. The first kappa shape index (κ1) is 20.6. The number of amides is 1. The number of hydrogen-bond donors (Lipinski definition) is 2. The average Bonchev–Trinajstić information content (AvgIpc) is 3.47. The molecule has 1 aliphatic rings. The Labute approximate surface area is 181 Å². The highest BCUT2D eigenvalue weighted by Gasteiger charge is 2.32. The van der Waals surface area contributed by atoms with E-state index >= 15 is 0 Å². The Morgan fingerprint density at radius 3 is 2.63 bits per heavy atom. The van der Waals surface area contributed by atoms with Gasteiger partial charge in [0.1, 0.15) is 6.61 Å². The van der Waals surface area contributed by atoms with Gasteiger partial charge in [-0.1, -0.05) is 23.7 Å². The molecule has 1 fully saturated rings. The molecule has 0 bridgehead atoms. The lowest BCUT2D eigenvalue weighted by Crippen LogP contribution is -2.41. The third kappa shape index (κ3) is 4.57. The third-order valence-electron chi connectivity index (χ3n) is 5.55. The van der Waals surface area contributed by atoms with Gasteiger partial charge in [-0.05, 0) is 68.5 Å². The van der Waals surface area contributed by atoms with Crippen molar-refractivity contribution in [3.8, 4) is 11.5 Å². The molecular formula is C24H27ClN2O3. The van der Waals surface area contributed by atoms with Crippen LogP contribution in [0.3, 0.4) is 0 Å². The molecule has 0 radical (unpaired) electrons. The second kappa shape index (κ2) is 8.60. The first-order chi connectivity index (χ1) is 14.4. The number of carbonyl (C=O) groups is 1. The van der Waals surface area contributed by atoms with E-state index in [1.54, 1.807) is 0 Å². The number of fused-ring (bicyclic) bond motifs is 1. The van der Waals surface area contributed by atoms with Gasteiger partial charge < -0.3 is 19.8 Å². The number of hydrogen-bond acceptors (Lipinski definition) is 3. The van der Waals surface area contributed by atoms with Gasteiger partial charge in [-0.3, -0.25) is 4.79 Å². The first-order valence-corrected chi connectivity index (χ1v) is 10.7. The van der Waals surface area contributed by atoms with Crippen molar-refractivity contribution in [1.82, 2.24) is 10.3 Å². The fourth-order valence-corrected chi connectivity index (χ4v) is 3.63. The zero-order valence-corrected chi connectivity index (χ0v) is 18.1. The zero-order chi connectivity index (χ0) is 21.1. The lowest BCUT2D eigenvalue weighted by Gasteiger charge is -2.23. The molecule has 2 N–H and O–H groups in total.